The smallest absolute Gasteiger partial charge is 0.410 e. The monoisotopic (exact) mass is 318 g/mol. The molecule has 122 valence electrons. The molecule has 1 aliphatic heterocycles. The van der Waals surface area contributed by atoms with Crippen LogP contribution in [0.1, 0.15) is 41.5 Å². The van der Waals surface area contributed by atoms with E-state index in [1.807, 2.05) is 41.5 Å². The lowest BCUT2D eigenvalue weighted by Crippen LogP contribution is -2.48. The Balaban J connectivity index is 2.56. The van der Waals surface area contributed by atoms with Crippen molar-refractivity contribution in [3.05, 3.63) is 0 Å². The van der Waals surface area contributed by atoms with Gasteiger partial charge in [0.25, 0.3) is 0 Å². The number of carbonyl (C=O) groups excluding carboxylic acids is 1. The van der Waals surface area contributed by atoms with Crippen molar-refractivity contribution in [2.75, 3.05) is 19.7 Å². The highest BCUT2D eigenvalue weighted by Crippen LogP contribution is 2.17. The number of nitrogens with zero attached hydrogens (tertiary/aromatic N) is 2. The number of hydrogen-bond donors (Lipinski definition) is 0. The molecule has 2 atom stereocenters. The van der Waals surface area contributed by atoms with E-state index in [0.29, 0.717) is 19.7 Å². The summed E-state index contributed by atoms with van der Waals surface area (Å²) < 4.78 is 26.3. The van der Waals surface area contributed by atoms with Gasteiger partial charge in [-0.25, -0.2) is 4.79 Å². The average Bonchev–Trinajstić information content (AvgIpc) is 2.33. The Labute approximate surface area is 130 Å². The Morgan fingerprint density at radius 1 is 1.38 bits per heavy atom. The maximum atomic E-state index is 12.0. The zero-order chi connectivity index (χ0) is 16.3. The van der Waals surface area contributed by atoms with Gasteiger partial charge in [-0.05, 0) is 41.5 Å². The van der Waals surface area contributed by atoms with E-state index in [0.717, 1.165) is 0 Å². The van der Waals surface area contributed by atoms with Crippen LogP contribution in [0.15, 0.2) is 4.40 Å². The average molecular weight is 318 g/mol. The topological polar surface area (TPSA) is 74.2 Å². The quantitative estimate of drug-likeness (QED) is 0.577. The fourth-order valence-corrected chi connectivity index (χ4v) is 2.10. The first-order chi connectivity index (χ1) is 9.49. The molecule has 0 aromatic heterocycles. The van der Waals surface area contributed by atoms with Gasteiger partial charge in [-0.15, -0.1) is 0 Å². The van der Waals surface area contributed by atoms with Gasteiger partial charge in [-0.3, -0.25) is 0 Å². The van der Waals surface area contributed by atoms with E-state index in [1.165, 1.54) is 6.21 Å². The molecule has 7 heteroatoms. The van der Waals surface area contributed by atoms with Crippen molar-refractivity contribution in [1.29, 1.82) is 0 Å². The molecule has 21 heavy (non-hydrogen) atoms. The van der Waals surface area contributed by atoms with Gasteiger partial charge in [0, 0.05) is 6.54 Å². The van der Waals surface area contributed by atoms with Gasteiger partial charge in [-0.1, -0.05) is 4.40 Å². The van der Waals surface area contributed by atoms with E-state index in [9.17, 15) is 9.35 Å². The van der Waals surface area contributed by atoms with Crippen LogP contribution in [0.4, 0.5) is 4.79 Å². The minimum Gasteiger partial charge on any atom is -0.591 e. The summed E-state index contributed by atoms with van der Waals surface area (Å²) in [7, 11) is 0. The number of rotatable bonds is 2. The zero-order valence-electron chi connectivity index (χ0n) is 13.7. The van der Waals surface area contributed by atoms with Crippen molar-refractivity contribution in [3.8, 4) is 0 Å². The maximum Gasteiger partial charge on any atom is 0.410 e. The largest absolute Gasteiger partial charge is 0.591 e. The molecule has 1 fully saturated rings. The predicted molar refractivity (Wildman–Crippen MR) is 83.9 cm³/mol. The molecule has 0 spiro atoms. The Kier molecular flexibility index (Phi) is 6.07. The molecule has 1 saturated heterocycles. The van der Waals surface area contributed by atoms with Crippen LogP contribution in [0.25, 0.3) is 0 Å². The predicted octanol–water partition coefficient (Wildman–Crippen LogP) is 2.16. The third-order valence-electron chi connectivity index (χ3n) is 2.59. The molecule has 0 aromatic rings. The molecule has 0 N–H and O–H groups in total. The lowest BCUT2D eigenvalue weighted by atomic mass is 10.2. The number of carbonyl (C=O) groups is 1. The molecule has 0 aliphatic carbocycles. The van der Waals surface area contributed by atoms with Gasteiger partial charge < -0.3 is 18.9 Å². The fourth-order valence-electron chi connectivity index (χ4n) is 1.54. The fraction of sp³-hybridized carbons (Fsp3) is 0.857. The number of morpholine rings is 1. The highest BCUT2D eigenvalue weighted by Gasteiger charge is 2.29. The molecule has 1 unspecified atom stereocenters. The van der Waals surface area contributed by atoms with Crippen molar-refractivity contribution < 1.29 is 18.8 Å². The van der Waals surface area contributed by atoms with Crippen molar-refractivity contribution >= 4 is 23.7 Å². The van der Waals surface area contributed by atoms with Crippen LogP contribution < -0.4 is 0 Å². The Morgan fingerprint density at radius 2 is 2.00 bits per heavy atom. The molecule has 6 nitrogen and oxygen atoms in total. The van der Waals surface area contributed by atoms with Gasteiger partial charge in [0.05, 0.1) is 19.4 Å². The van der Waals surface area contributed by atoms with Gasteiger partial charge in [0.15, 0.2) is 0 Å². The van der Waals surface area contributed by atoms with E-state index < -0.39 is 21.7 Å². The number of hydrogen-bond acceptors (Lipinski definition) is 5. The molecule has 0 aromatic carbocycles. The van der Waals surface area contributed by atoms with Crippen LogP contribution >= 0.6 is 0 Å². The highest BCUT2D eigenvalue weighted by molar-refractivity contribution is 7.91. The van der Waals surface area contributed by atoms with Crippen LogP contribution in [-0.4, -0.2) is 57.9 Å². The molecule has 1 rings (SSSR count). The molecule has 1 aliphatic rings. The normalized spacial score (nSPS) is 22.4. The molecule has 1 heterocycles. The van der Waals surface area contributed by atoms with Crippen molar-refractivity contribution in [2.45, 2.75) is 58.0 Å². The first kappa shape index (κ1) is 18.3. The molecule has 0 bridgehead atoms. The SMILES string of the molecule is CC(C)(C)OC(=O)N1CCOC(C=N[S@+]([O-])C(C)(C)C)C1. The van der Waals surface area contributed by atoms with Crippen molar-refractivity contribution in [1.82, 2.24) is 4.90 Å². The minimum atomic E-state index is -1.32. The number of ether oxygens (including phenoxy) is 2. The minimum absolute atomic E-state index is 0.349. The lowest BCUT2D eigenvalue weighted by molar-refractivity contribution is -0.0197. The van der Waals surface area contributed by atoms with Crippen molar-refractivity contribution in [3.63, 3.8) is 0 Å². The van der Waals surface area contributed by atoms with Crippen LogP contribution in [0.3, 0.4) is 0 Å². The summed E-state index contributed by atoms with van der Waals surface area (Å²) in [5.41, 5.74) is -0.521. The second kappa shape index (κ2) is 6.98. The summed E-state index contributed by atoms with van der Waals surface area (Å²) in [5.74, 6) is 0. The maximum absolute atomic E-state index is 12.0. The van der Waals surface area contributed by atoms with E-state index in [1.54, 1.807) is 4.90 Å². The Morgan fingerprint density at radius 3 is 2.52 bits per heavy atom. The van der Waals surface area contributed by atoms with Crippen LogP contribution in [0.2, 0.25) is 0 Å². The van der Waals surface area contributed by atoms with E-state index in [-0.39, 0.29) is 12.2 Å². The van der Waals surface area contributed by atoms with E-state index in [2.05, 4.69) is 4.40 Å². The summed E-state index contributed by atoms with van der Waals surface area (Å²) >= 11 is -1.32. The molecule has 0 radical (unpaired) electrons. The third kappa shape index (κ3) is 6.67. The highest BCUT2D eigenvalue weighted by atomic mass is 32.2. The third-order valence-corrected chi connectivity index (χ3v) is 3.95. The summed E-state index contributed by atoms with van der Waals surface area (Å²) in [6.07, 6.45) is 0.816. The zero-order valence-corrected chi connectivity index (χ0v) is 14.5. The molecular formula is C14H26N2O4S. The van der Waals surface area contributed by atoms with E-state index in [4.69, 9.17) is 9.47 Å². The molecular weight excluding hydrogens is 292 g/mol. The summed E-state index contributed by atoms with van der Waals surface area (Å²) in [6, 6.07) is 0. The van der Waals surface area contributed by atoms with Gasteiger partial charge in [0.2, 0.25) is 0 Å². The summed E-state index contributed by atoms with van der Waals surface area (Å²) in [5, 5.41) is 0. The number of amides is 1. The Hall–Kier alpha value is -0.790. The second-order valence-electron chi connectivity index (χ2n) is 6.95. The van der Waals surface area contributed by atoms with Crippen LogP contribution in [0, 0.1) is 0 Å². The van der Waals surface area contributed by atoms with Gasteiger partial charge in [-0.2, -0.15) is 0 Å². The van der Waals surface area contributed by atoms with Gasteiger partial charge in [0.1, 0.15) is 27.8 Å². The van der Waals surface area contributed by atoms with Crippen LogP contribution in [0.5, 0.6) is 0 Å². The van der Waals surface area contributed by atoms with E-state index >= 15 is 0 Å². The first-order valence-corrected chi connectivity index (χ1v) is 8.15. The first-order valence-electron chi connectivity index (χ1n) is 7.05. The van der Waals surface area contributed by atoms with Crippen molar-refractivity contribution in [2.24, 2.45) is 4.40 Å². The lowest BCUT2D eigenvalue weighted by Gasteiger charge is -2.32. The Bertz CT molecular complexity index is 387. The molecule has 1 amide bonds. The van der Waals surface area contributed by atoms with Crippen LogP contribution in [-0.2, 0) is 20.8 Å². The summed E-state index contributed by atoms with van der Waals surface area (Å²) in [6.45, 7) is 12.3. The standard InChI is InChI=1S/C14H26N2O4S/c1-13(2,3)20-12(17)16-7-8-19-11(10-16)9-15-21(18)14(4,5)6/h9,11H,7-8,10H2,1-6H3/t11?,21-/m1/s1. The molecule has 0 saturated carbocycles. The van der Waals surface area contributed by atoms with Gasteiger partial charge >= 0.3 is 6.09 Å². The summed E-state index contributed by atoms with van der Waals surface area (Å²) in [4.78, 5) is 13.6. The second-order valence-corrected chi connectivity index (χ2v) is 8.89.